The zero-order valence-electron chi connectivity index (χ0n) is 12.0. The summed E-state index contributed by atoms with van der Waals surface area (Å²) in [5.74, 6) is -2.22. The van der Waals surface area contributed by atoms with Crippen molar-refractivity contribution < 1.29 is 55.1 Å². The number of hydrogen-bond acceptors (Lipinski definition) is 11. The number of rotatable bonds is 5. The van der Waals surface area contributed by atoms with Crippen LogP contribution in [0.3, 0.4) is 0 Å². The summed E-state index contributed by atoms with van der Waals surface area (Å²) in [5, 5.41) is 76.7. The van der Waals surface area contributed by atoms with Gasteiger partial charge in [0.25, 0.3) is 0 Å². The van der Waals surface area contributed by atoms with Crippen LogP contribution in [-0.4, -0.2) is 115 Å². The maximum absolute atomic E-state index is 10.00. The van der Waals surface area contributed by atoms with Gasteiger partial charge in [-0.15, -0.1) is 0 Å². The standard InChI is InChI=1S/C12H22O11/c13-1-4-6(16)8(18)9(19)11(21-4)23-12(3-15)10(20)7(17)5(2-14)22-12/h4-11,13-20H,1-3H2/t4-,5+,6+,7-,8-,9-,10-,11+,12-/m0/s1. The molecular formula is C12H22O11. The molecule has 2 aliphatic heterocycles. The van der Waals surface area contributed by atoms with Gasteiger partial charge >= 0.3 is 0 Å². The third kappa shape index (κ3) is 3.23. The van der Waals surface area contributed by atoms with Crippen molar-refractivity contribution in [3.8, 4) is 0 Å². The molecule has 23 heavy (non-hydrogen) atoms. The molecule has 2 heterocycles. The second-order valence-electron chi connectivity index (χ2n) is 5.56. The Labute approximate surface area is 130 Å². The van der Waals surface area contributed by atoms with Gasteiger partial charge in [-0.1, -0.05) is 0 Å². The Hall–Kier alpha value is -0.440. The minimum Gasteiger partial charge on any atom is -0.394 e. The quantitative estimate of drug-likeness (QED) is 0.238. The number of hydrogen-bond donors (Lipinski definition) is 8. The van der Waals surface area contributed by atoms with Crippen LogP contribution < -0.4 is 0 Å². The summed E-state index contributed by atoms with van der Waals surface area (Å²) in [5.41, 5.74) is 0. The third-order valence-electron chi connectivity index (χ3n) is 4.07. The fourth-order valence-electron chi connectivity index (χ4n) is 2.63. The summed E-state index contributed by atoms with van der Waals surface area (Å²) >= 11 is 0. The Kier molecular flexibility index (Phi) is 5.92. The van der Waals surface area contributed by atoms with Crippen molar-refractivity contribution in [3.05, 3.63) is 0 Å². The van der Waals surface area contributed by atoms with Gasteiger partial charge in [-0.05, 0) is 0 Å². The van der Waals surface area contributed by atoms with Crippen LogP contribution in [-0.2, 0) is 14.2 Å². The first-order chi connectivity index (χ1) is 10.8. The molecule has 8 N–H and O–H groups in total. The van der Waals surface area contributed by atoms with Crippen molar-refractivity contribution in [1.29, 1.82) is 0 Å². The van der Waals surface area contributed by atoms with Crippen molar-refractivity contribution in [2.45, 2.75) is 54.8 Å². The Morgan fingerprint density at radius 2 is 1.39 bits per heavy atom. The molecule has 0 amide bonds. The largest absolute Gasteiger partial charge is 0.394 e. The Bertz CT molecular complexity index is 393. The number of aliphatic hydroxyl groups excluding tert-OH is 8. The zero-order chi connectivity index (χ0) is 17.4. The van der Waals surface area contributed by atoms with E-state index in [-0.39, 0.29) is 0 Å². The zero-order valence-corrected chi connectivity index (χ0v) is 12.0. The molecule has 0 radical (unpaired) electrons. The normalized spacial score (nSPS) is 51.1. The van der Waals surface area contributed by atoms with E-state index in [9.17, 15) is 30.6 Å². The van der Waals surface area contributed by atoms with Crippen molar-refractivity contribution >= 4 is 0 Å². The molecule has 2 saturated heterocycles. The lowest BCUT2D eigenvalue weighted by Gasteiger charge is -2.43. The first kappa shape index (κ1) is 18.9. The van der Waals surface area contributed by atoms with Crippen LogP contribution in [0.4, 0.5) is 0 Å². The van der Waals surface area contributed by atoms with Gasteiger partial charge in [0.1, 0.15) is 49.3 Å². The Balaban J connectivity index is 2.18. The van der Waals surface area contributed by atoms with E-state index in [2.05, 4.69) is 0 Å². The Morgan fingerprint density at radius 1 is 0.783 bits per heavy atom. The topological polar surface area (TPSA) is 190 Å². The average molecular weight is 342 g/mol. The predicted octanol–water partition coefficient (Wildman–Crippen LogP) is -5.40. The summed E-state index contributed by atoms with van der Waals surface area (Å²) in [7, 11) is 0. The molecule has 9 atom stereocenters. The predicted molar refractivity (Wildman–Crippen MR) is 68.6 cm³/mol. The van der Waals surface area contributed by atoms with Crippen molar-refractivity contribution in [1.82, 2.24) is 0 Å². The van der Waals surface area contributed by atoms with Crippen molar-refractivity contribution in [2.75, 3.05) is 19.8 Å². The van der Waals surface area contributed by atoms with Crippen LogP contribution in [0.15, 0.2) is 0 Å². The molecule has 0 unspecified atom stereocenters. The molecule has 0 saturated carbocycles. The molecule has 0 aliphatic carbocycles. The van der Waals surface area contributed by atoms with E-state index in [1.165, 1.54) is 0 Å². The van der Waals surface area contributed by atoms with Crippen LogP contribution >= 0.6 is 0 Å². The Morgan fingerprint density at radius 3 is 1.87 bits per heavy atom. The summed E-state index contributed by atoms with van der Waals surface area (Å²) < 4.78 is 15.4. The van der Waals surface area contributed by atoms with Crippen LogP contribution in [0.1, 0.15) is 0 Å². The van der Waals surface area contributed by atoms with Crippen LogP contribution in [0.2, 0.25) is 0 Å². The summed E-state index contributed by atoms with van der Waals surface area (Å²) in [6.07, 6.45) is -12.7. The second kappa shape index (κ2) is 7.21. The molecule has 0 spiro atoms. The van der Waals surface area contributed by atoms with E-state index in [4.69, 9.17) is 24.4 Å². The summed E-state index contributed by atoms with van der Waals surface area (Å²) in [6, 6.07) is 0. The molecule has 11 nitrogen and oxygen atoms in total. The molecule has 11 heteroatoms. The molecule has 2 rings (SSSR count). The summed E-state index contributed by atoms with van der Waals surface area (Å²) in [6.45, 7) is -2.32. The van der Waals surface area contributed by atoms with Crippen LogP contribution in [0.5, 0.6) is 0 Å². The number of ether oxygens (including phenoxy) is 3. The van der Waals surface area contributed by atoms with Crippen molar-refractivity contribution in [2.24, 2.45) is 0 Å². The first-order valence-electron chi connectivity index (χ1n) is 7.05. The molecule has 0 aromatic rings. The molecule has 0 bridgehead atoms. The number of aliphatic hydroxyl groups is 8. The highest BCUT2D eigenvalue weighted by atomic mass is 16.8. The molecule has 0 aromatic carbocycles. The molecule has 0 aromatic heterocycles. The van der Waals surface area contributed by atoms with Gasteiger partial charge in [0.15, 0.2) is 6.29 Å². The van der Waals surface area contributed by atoms with E-state index in [0.717, 1.165) is 0 Å². The highest BCUT2D eigenvalue weighted by Gasteiger charge is 2.58. The maximum Gasteiger partial charge on any atom is 0.224 e. The lowest BCUT2D eigenvalue weighted by atomic mass is 9.99. The molecular weight excluding hydrogens is 320 g/mol. The van der Waals surface area contributed by atoms with Crippen LogP contribution in [0.25, 0.3) is 0 Å². The van der Waals surface area contributed by atoms with Crippen molar-refractivity contribution in [3.63, 3.8) is 0 Å². The van der Waals surface area contributed by atoms with Gasteiger partial charge in [0.2, 0.25) is 5.79 Å². The smallest absolute Gasteiger partial charge is 0.224 e. The van der Waals surface area contributed by atoms with Gasteiger partial charge < -0.3 is 55.1 Å². The second-order valence-corrected chi connectivity index (χ2v) is 5.56. The minimum atomic E-state index is -2.22. The monoisotopic (exact) mass is 342 g/mol. The fourth-order valence-corrected chi connectivity index (χ4v) is 2.63. The van der Waals surface area contributed by atoms with Crippen LogP contribution in [0, 0.1) is 0 Å². The maximum atomic E-state index is 10.00. The summed E-state index contributed by atoms with van der Waals surface area (Å²) in [4.78, 5) is 0. The fraction of sp³-hybridized carbons (Fsp3) is 1.00. The third-order valence-corrected chi connectivity index (χ3v) is 4.07. The van der Waals surface area contributed by atoms with E-state index < -0.39 is 74.6 Å². The minimum absolute atomic E-state index is 0.669. The first-order valence-corrected chi connectivity index (χ1v) is 7.05. The highest BCUT2D eigenvalue weighted by Crippen LogP contribution is 2.35. The van der Waals surface area contributed by atoms with E-state index in [0.29, 0.717) is 0 Å². The van der Waals surface area contributed by atoms with Gasteiger partial charge in [0.05, 0.1) is 13.2 Å². The van der Waals surface area contributed by atoms with Gasteiger partial charge in [-0.3, -0.25) is 0 Å². The molecule has 2 aliphatic rings. The van der Waals surface area contributed by atoms with E-state index >= 15 is 0 Å². The SMILES string of the molecule is OC[C@@H]1O[C@H](O[C@]2(CO)O[C@H](CO)[C@H](O)[C@@H]2O)[C@@H](O)[C@@H](O)[C@@H]1O. The lowest BCUT2D eigenvalue weighted by Crippen LogP contribution is -2.62. The average Bonchev–Trinajstić information content (AvgIpc) is 2.80. The molecule has 136 valence electrons. The van der Waals surface area contributed by atoms with Gasteiger partial charge in [-0.2, -0.15) is 0 Å². The van der Waals surface area contributed by atoms with Gasteiger partial charge in [-0.25, -0.2) is 0 Å². The molecule has 2 fully saturated rings. The van der Waals surface area contributed by atoms with E-state index in [1.807, 2.05) is 0 Å². The lowest BCUT2D eigenvalue weighted by molar-refractivity contribution is -0.383. The van der Waals surface area contributed by atoms with E-state index in [1.54, 1.807) is 0 Å². The van der Waals surface area contributed by atoms with Gasteiger partial charge in [0, 0.05) is 0 Å². The highest BCUT2D eigenvalue weighted by molar-refractivity contribution is 4.98.